The van der Waals surface area contributed by atoms with Gasteiger partial charge < -0.3 is 13.6 Å². The topological polar surface area (TPSA) is 34.7 Å². The molecule has 0 spiro atoms. The normalized spacial score (nSPS) is 12.5. The van der Waals surface area contributed by atoms with Crippen LogP contribution in [0.4, 0.5) is 0 Å². The number of quaternary nitrogens is 1. The summed E-state index contributed by atoms with van der Waals surface area (Å²) in [4.78, 5) is 4.50. The van der Waals surface area contributed by atoms with Crippen LogP contribution in [0.1, 0.15) is 17.5 Å². The Kier molecular flexibility index (Phi) is 5.43. The molecule has 0 aliphatic carbocycles. The summed E-state index contributed by atoms with van der Waals surface area (Å²) in [6.45, 7) is 1.83. The Labute approximate surface area is 155 Å². The minimum atomic E-state index is 0.732. The molecule has 0 radical (unpaired) electrons. The summed E-state index contributed by atoms with van der Waals surface area (Å²) in [5.74, 6) is 0.891. The summed E-state index contributed by atoms with van der Waals surface area (Å²) in [6.07, 6.45) is 2.82. The third-order valence-corrected chi connectivity index (χ3v) is 4.33. The van der Waals surface area contributed by atoms with Crippen molar-refractivity contribution in [1.82, 2.24) is 0 Å². The second-order valence-corrected chi connectivity index (χ2v) is 7.46. The number of aliphatic imine (C=N–C) groups is 1. The molecule has 4 heteroatoms. The van der Waals surface area contributed by atoms with Gasteiger partial charge in [0.15, 0.2) is 0 Å². The van der Waals surface area contributed by atoms with E-state index in [-0.39, 0.29) is 0 Å². The van der Waals surface area contributed by atoms with Crippen molar-refractivity contribution >= 4 is 16.7 Å². The van der Waals surface area contributed by atoms with E-state index in [1.165, 1.54) is 0 Å². The number of para-hydroxylation sites is 1. The summed E-state index contributed by atoms with van der Waals surface area (Å²) >= 11 is 0. The van der Waals surface area contributed by atoms with Crippen LogP contribution >= 0.6 is 0 Å². The number of benzene rings is 2. The molecule has 0 saturated heterocycles. The van der Waals surface area contributed by atoms with Crippen molar-refractivity contribution in [1.29, 1.82) is 0 Å². The van der Waals surface area contributed by atoms with Crippen molar-refractivity contribution in [3.63, 3.8) is 0 Å². The number of fused-ring (bicyclic) bond motifs is 1. The number of hydrogen-bond donors (Lipinski definition) is 0. The van der Waals surface area contributed by atoms with Gasteiger partial charge in [-0.25, -0.2) is 0 Å². The van der Waals surface area contributed by atoms with E-state index in [9.17, 15) is 0 Å². The summed E-state index contributed by atoms with van der Waals surface area (Å²) in [6, 6.07) is 16.1. The SMILES string of the molecule is CN=C(c1ccc(OCCC[N+](C)(C)C)cc1)c1coc2ccccc12. The third-order valence-electron chi connectivity index (χ3n) is 4.33. The Morgan fingerprint density at radius 1 is 1.04 bits per heavy atom. The molecule has 0 atom stereocenters. The molecule has 3 rings (SSSR count). The summed E-state index contributed by atoms with van der Waals surface area (Å²) in [7, 11) is 8.40. The molecule has 0 bridgehead atoms. The first kappa shape index (κ1) is 18.2. The third kappa shape index (κ3) is 4.33. The molecule has 3 aromatic rings. The Balaban J connectivity index is 1.71. The fraction of sp³-hybridized carbons (Fsp3) is 0.318. The highest BCUT2D eigenvalue weighted by Gasteiger charge is 2.13. The van der Waals surface area contributed by atoms with Gasteiger partial charge in [0.05, 0.1) is 40.0 Å². The standard InChI is InChI=1S/C22H27N2O2/c1-23-22(20-16-26-21-9-6-5-8-19(20)21)17-10-12-18(13-11-17)25-15-7-14-24(2,3)4/h5-6,8-13,16H,7,14-15H2,1-4H3/q+1. The van der Waals surface area contributed by atoms with Gasteiger partial charge >= 0.3 is 0 Å². The lowest BCUT2D eigenvalue weighted by atomic mass is 10.0. The molecular formula is C22H27N2O2+. The quantitative estimate of drug-likeness (QED) is 0.360. The lowest BCUT2D eigenvalue weighted by Gasteiger charge is -2.23. The van der Waals surface area contributed by atoms with Gasteiger partial charge in [-0.05, 0) is 30.3 Å². The fourth-order valence-corrected chi connectivity index (χ4v) is 3.00. The summed E-state index contributed by atoms with van der Waals surface area (Å²) in [5, 5.41) is 1.08. The molecule has 136 valence electrons. The lowest BCUT2D eigenvalue weighted by molar-refractivity contribution is -0.870. The van der Waals surface area contributed by atoms with Crippen LogP contribution < -0.4 is 4.74 Å². The molecule has 1 heterocycles. The van der Waals surface area contributed by atoms with Gasteiger partial charge in [-0.3, -0.25) is 4.99 Å². The maximum atomic E-state index is 5.86. The minimum Gasteiger partial charge on any atom is -0.493 e. The highest BCUT2D eigenvalue weighted by atomic mass is 16.5. The molecule has 0 aliphatic heterocycles. The van der Waals surface area contributed by atoms with Crippen LogP contribution in [0.15, 0.2) is 64.2 Å². The van der Waals surface area contributed by atoms with Crippen molar-refractivity contribution in [2.45, 2.75) is 6.42 Å². The maximum Gasteiger partial charge on any atom is 0.134 e. The van der Waals surface area contributed by atoms with Gasteiger partial charge in [-0.2, -0.15) is 0 Å². The van der Waals surface area contributed by atoms with Crippen LogP contribution in [0, 0.1) is 0 Å². The van der Waals surface area contributed by atoms with Crippen molar-refractivity contribution < 1.29 is 13.6 Å². The zero-order valence-electron chi connectivity index (χ0n) is 16.0. The van der Waals surface area contributed by atoms with E-state index in [0.29, 0.717) is 0 Å². The molecule has 0 N–H and O–H groups in total. The first-order chi connectivity index (χ1) is 12.5. The van der Waals surface area contributed by atoms with E-state index < -0.39 is 0 Å². The molecule has 0 aliphatic rings. The number of rotatable bonds is 7. The average Bonchev–Trinajstić information content (AvgIpc) is 3.04. The molecule has 4 nitrogen and oxygen atoms in total. The first-order valence-corrected chi connectivity index (χ1v) is 8.95. The largest absolute Gasteiger partial charge is 0.493 e. The molecule has 0 amide bonds. The van der Waals surface area contributed by atoms with Crippen LogP contribution in [0.25, 0.3) is 11.0 Å². The predicted molar refractivity (Wildman–Crippen MR) is 107 cm³/mol. The smallest absolute Gasteiger partial charge is 0.134 e. The van der Waals surface area contributed by atoms with Gasteiger partial charge in [-0.15, -0.1) is 0 Å². The van der Waals surface area contributed by atoms with Gasteiger partial charge in [-0.1, -0.05) is 18.2 Å². The molecule has 26 heavy (non-hydrogen) atoms. The number of furan rings is 1. The summed E-state index contributed by atoms with van der Waals surface area (Å²) < 4.78 is 12.5. The summed E-state index contributed by atoms with van der Waals surface area (Å²) in [5.41, 5.74) is 3.87. The number of nitrogens with zero attached hydrogens (tertiary/aromatic N) is 2. The second kappa shape index (κ2) is 7.75. The highest BCUT2D eigenvalue weighted by molar-refractivity contribution is 6.18. The Hall–Kier alpha value is -2.59. The van der Waals surface area contributed by atoms with Gasteiger partial charge in [0.1, 0.15) is 17.6 Å². The average molecular weight is 351 g/mol. The Morgan fingerprint density at radius 2 is 1.77 bits per heavy atom. The number of hydrogen-bond acceptors (Lipinski definition) is 3. The highest BCUT2D eigenvalue weighted by Crippen LogP contribution is 2.24. The van der Waals surface area contributed by atoms with Crippen LogP contribution in [-0.4, -0.2) is 51.5 Å². The van der Waals surface area contributed by atoms with Crippen LogP contribution in [0.2, 0.25) is 0 Å². The van der Waals surface area contributed by atoms with E-state index >= 15 is 0 Å². The molecule has 2 aromatic carbocycles. The van der Waals surface area contributed by atoms with Crippen molar-refractivity contribution in [3.8, 4) is 5.75 Å². The molecule has 0 fully saturated rings. The monoisotopic (exact) mass is 351 g/mol. The van der Waals surface area contributed by atoms with Gasteiger partial charge in [0.2, 0.25) is 0 Å². The van der Waals surface area contributed by atoms with E-state index in [1.54, 1.807) is 6.26 Å². The Morgan fingerprint density at radius 3 is 2.46 bits per heavy atom. The van der Waals surface area contributed by atoms with Crippen molar-refractivity contribution in [3.05, 3.63) is 65.9 Å². The second-order valence-electron chi connectivity index (χ2n) is 7.46. The van der Waals surface area contributed by atoms with Crippen LogP contribution in [0.5, 0.6) is 5.75 Å². The molecule has 0 unspecified atom stereocenters. The number of ether oxygens (including phenoxy) is 1. The maximum absolute atomic E-state index is 5.86. The van der Waals surface area contributed by atoms with E-state index in [2.05, 4.69) is 44.3 Å². The zero-order chi connectivity index (χ0) is 18.6. The minimum absolute atomic E-state index is 0.732. The van der Waals surface area contributed by atoms with E-state index in [1.807, 2.05) is 37.4 Å². The van der Waals surface area contributed by atoms with Crippen LogP contribution in [0.3, 0.4) is 0 Å². The fourth-order valence-electron chi connectivity index (χ4n) is 3.00. The lowest BCUT2D eigenvalue weighted by Crippen LogP contribution is -2.35. The van der Waals surface area contributed by atoms with E-state index in [4.69, 9.17) is 9.15 Å². The Bertz CT molecular complexity index is 886. The zero-order valence-corrected chi connectivity index (χ0v) is 16.0. The first-order valence-electron chi connectivity index (χ1n) is 8.95. The molecular weight excluding hydrogens is 324 g/mol. The molecule has 0 saturated carbocycles. The van der Waals surface area contributed by atoms with Gasteiger partial charge in [0, 0.05) is 30.0 Å². The predicted octanol–water partition coefficient (Wildman–Crippen LogP) is 4.38. The van der Waals surface area contributed by atoms with Crippen LogP contribution in [-0.2, 0) is 0 Å². The van der Waals surface area contributed by atoms with E-state index in [0.717, 1.165) is 57.6 Å². The van der Waals surface area contributed by atoms with Crippen molar-refractivity contribution in [2.24, 2.45) is 4.99 Å². The van der Waals surface area contributed by atoms with Gasteiger partial charge in [0.25, 0.3) is 0 Å². The molecule has 1 aromatic heterocycles. The van der Waals surface area contributed by atoms with Crippen molar-refractivity contribution in [2.75, 3.05) is 41.3 Å².